The molecular weight excluding hydrogens is 246 g/mol. The quantitative estimate of drug-likeness (QED) is 0.747. The summed E-state index contributed by atoms with van der Waals surface area (Å²) in [6.07, 6.45) is 2.05. The molecule has 0 bridgehead atoms. The van der Waals surface area contributed by atoms with Crippen LogP contribution < -0.4 is 5.32 Å². The summed E-state index contributed by atoms with van der Waals surface area (Å²) >= 11 is 0. The largest absolute Gasteiger partial charge is 0.478 e. The van der Waals surface area contributed by atoms with Gasteiger partial charge in [0.2, 0.25) is 5.91 Å². The molecule has 0 fully saturated rings. The van der Waals surface area contributed by atoms with Crippen molar-refractivity contribution in [1.82, 2.24) is 5.32 Å². The average molecular weight is 261 g/mol. The zero-order valence-electron chi connectivity index (χ0n) is 10.5. The van der Waals surface area contributed by atoms with Gasteiger partial charge >= 0.3 is 5.97 Å². The summed E-state index contributed by atoms with van der Waals surface area (Å²) in [7, 11) is 0. The second kappa shape index (κ2) is 7.10. The van der Waals surface area contributed by atoms with E-state index in [0.29, 0.717) is 6.42 Å². The Morgan fingerprint density at radius 2 is 1.84 bits per heavy atom. The van der Waals surface area contributed by atoms with Gasteiger partial charge in [-0.3, -0.25) is 9.59 Å². The summed E-state index contributed by atoms with van der Waals surface area (Å²) in [4.78, 5) is 33.3. The lowest BCUT2D eigenvalue weighted by Crippen LogP contribution is -2.40. The van der Waals surface area contributed by atoms with Gasteiger partial charge in [0.1, 0.15) is 0 Å². The number of amides is 1. The van der Waals surface area contributed by atoms with Crippen molar-refractivity contribution >= 4 is 17.7 Å². The van der Waals surface area contributed by atoms with Gasteiger partial charge in [0.15, 0.2) is 5.78 Å². The Morgan fingerprint density at radius 3 is 2.37 bits per heavy atom. The molecule has 5 nitrogen and oxygen atoms in total. The molecule has 100 valence electrons. The second-order valence-corrected chi connectivity index (χ2v) is 4.02. The number of rotatable bonds is 6. The molecule has 0 aliphatic rings. The van der Waals surface area contributed by atoms with Gasteiger partial charge in [-0.25, -0.2) is 4.79 Å². The van der Waals surface area contributed by atoms with E-state index >= 15 is 0 Å². The van der Waals surface area contributed by atoms with Gasteiger partial charge in [-0.2, -0.15) is 0 Å². The van der Waals surface area contributed by atoms with E-state index in [0.717, 1.165) is 17.7 Å². The molecule has 0 radical (unpaired) electrons. The normalized spacial score (nSPS) is 12.1. The minimum atomic E-state index is -1.20. The molecule has 0 spiro atoms. The maximum absolute atomic E-state index is 11.8. The molecule has 1 amide bonds. The van der Waals surface area contributed by atoms with Crippen LogP contribution in [0, 0.1) is 0 Å². The highest BCUT2D eigenvalue weighted by Gasteiger charge is 2.17. The minimum Gasteiger partial charge on any atom is -0.478 e. The first kappa shape index (κ1) is 14.6. The van der Waals surface area contributed by atoms with Gasteiger partial charge in [0.05, 0.1) is 6.04 Å². The van der Waals surface area contributed by atoms with Crippen molar-refractivity contribution in [2.45, 2.75) is 19.4 Å². The van der Waals surface area contributed by atoms with Crippen LogP contribution in [-0.2, 0) is 20.8 Å². The summed E-state index contributed by atoms with van der Waals surface area (Å²) in [5.74, 6) is -1.98. The third kappa shape index (κ3) is 5.63. The van der Waals surface area contributed by atoms with Crippen LogP contribution in [0.3, 0.4) is 0 Å². The smallest absolute Gasteiger partial charge is 0.328 e. The first-order chi connectivity index (χ1) is 8.99. The van der Waals surface area contributed by atoms with E-state index in [4.69, 9.17) is 5.11 Å². The molecule has 0 heterocycles. The van der Waals surface area contributed by atoms with E-state index in [-0.39, 0.29) is 5.91 Å². The van der Waals surface area contributed by atoms with Crippen molar-refractivity contribution in [2.24, 2.45) is 0 Å². The summed E-state index contributed by atoms with van der Waals surface area (Å²) in [5, 5.41) is 11.0. The molecule has 0 saturated carbocycles. The van der Waals surface area contributed by atoms with E-state index in [1.54, 1.807) is 0 Å². The average Bonchev–Trinajstić information content (AvgIpc) is 2.36. The molecule has 0 aliphatic heterocycles. The van der Waals surface area contributed by atoms with Crippen LogP contribution in [0.15, 0.2) is 42.5 Å². The number of carboxylic acid groups (broad SMARTS) is 1. The highest BCUT2D eigenvalue weighted by molar-refractivity contribution is 6.00. The molecule has 0 aliphatic carbocycles. The number of hydrogen-bond acceptors (Lipinski definition) is 3. The monoisotopic (exact) mass is 261 g/mol. The Balaban J connectivity index is 2.80. The molecule has 5 heteroatoms. The fraction of sp³-hybridized carbons (Fsp3) is 0.214. The van der Waals surface area contributed by atoms with Crippen LogP contribution in [0.25, 0.3) is 0 Å². The molecule has 1 unspecified atom stereocenters. The zero-order chi connectivity index (χ0) is 14.3. The Kier molecular flexibility index (Phi) is 5.47. The number of carboxylic acids is 1. The van der Waals surface area contributed by atoms with Crippen molar-refractivity contribution in [2.75, 3.05) is 0 Å². The zero-order valence-corrected chi connectivity index (χ0v) is 10.5. The summed E-state index contributed by atoms with van der Waals surface area (Å²) in [6, 6.07) is 8.43. The van der Waals surface area contributed by atoms with Crippen molar-refractivity contribution in [3.63, 3.8) is 0 Å². The third-order valence-corrected chi connectivity index (χ3v) is 2.39. The number of benzene rings is 1. The number of ketones is 1. The van der Waals surface area contributed by atoms with Crippen LogP contribution >= 0.6 is 0 Å². The van der Waals surface area contributed by atoms with E-state index in [2.05, 4.69) is 5.32 Å². The minimum absolute atomic E-state index is 0.323. The van der Waals surface area contributed by atoms with Gasteiger partial charge < -0.3 is 10.4 Å². The summed E-state index contributed by atoms with van der Waals surface area (Å²) < 4.78 is 0. The number of aliphatic carboxylic acids is 1. The molecule has 0 aromatic heterocycles. The fourth-order valence-electron chi connectivity index (χ4n) is 1.59. The molecule has 2 N–H and O–H groups in total. The molecule has 1 aromatic rings. The van der Waals surface area contributed by atoms with E-state index in [9.17, 15) is 14.4 Å². The van der Waals surface area contributed by atoms with Crippen molar-refractivity contribution in [3.05, 3.63) is 48.0 Å². The Hall–Kier alpha value is -2.43. The Bertz CT molecular complexity index is 493. The first-order valence-electron chi connectivity index (χ1n) is 5.75. The number of carbonyl (C=O) groups excluding carboxylic acids is 2. The van der Waals surface area contributed by atoms with E-state index < -0.39 is 17.8 Å². The predicted molar refractivity (Wildman–Crippen MR) is 69.5 cm³/mol. The van der Waals surface area contributed by atoms with Crippen LogP contribution in [0.2, 0.25) is 0 Å². The SMILES string of the molecule is CC(=O)NC(Cc1ccccc1)C(=O)C=CC(=O)O. The fourth-order valence-corrected chi connectivity index (χ4v) is 1.59. The number of hydrogen-bond donors (Lipinski definition) is 2. The van der Waals surface area contributed by atoms with Gasteiger partial charge in [0, 0.05) is 19.4 Å². The van der Waals surface area contributed by atoms with Crippen LogP contribution in [0.4, 0.5) is 0 Å². The third-order valence-electron chi connectivity index (χ3n) is 2.39. The molecule has 1 aromatic carbocycles. The Labute approximate surface area is 110 Å². The molecule has 1 rings (SSSR count). The van der Waals surface area contributed by atoms with Gasteiger partial charge in [-0.15, -0.1) is 0 Å². The van der Waals surface area contributed by atoms with Crippen molar-refractivity contribution < 1.29 is 19.5 Å². The summed E-state index contributed by atoms with van der Waals surface area (Å²) in [6.45, 7) is 1.31. The standard InChI is InChI=1S/C14H15NO4/c1-10(16)15-12(13(17)7-8-14(18)19)9-11-5-3-2-4-6-11/h2-8,12H,9H2,1H3,(H,15,16)(H,18,19). The van der Waals surface area contributed by atoms with Crippen molar-refractivity contribution in [1.29, 1.82) is 0 Å². The molecule has 1 atom stereocenters. The Morgan fingerprint density at radius 1 is 1.21 bits per heavy atom. The maximum atomic E-state index is 11.8. The lowest BCUT2D eigenvalue weighted by atomic mass is 10.0. The second-order valence-electron chi connectivity index (χ2n) is 4.02. The predicted octanol–water partition coefficient (Wildman–Crippen LogP) is 0.944. The number of carbonyl (C=O) groups is 3. The lowest BCUT2D eigenvalue weighted by Gasteiger charge is -2.14. The van der Waals surface area contributed by atoms with Crippen LogP contribution in [0.1, 0.15) is 12.5 Å². The summed E-state index contributed by atoms with van der Waals surface area (Å²) in [5.41, 5.74) is 0.887. The van der Waals surface area contributed by atoms with Crippen LogP contribution in [-0.4, -0.2) is 28.8 Å². The van der Waals surface area contributed by atoms with E-state index in [1.165, 1.54) is 6.92 Å². The van der Waals surface area contributed by atoms with E-state index in [1.807, 2.05) is 30.3 Å². The van der Waals surface area contributed by atoms with Crippen molar-refractivity contribution in [3.8, 4) is 0 Å². The highest BCUT2D eigenvalue weighted by Crippen LogP contribution is 2.04. The van der Waals surface area contributed by atoms with Gasteiger partial charge in [-0.05, 0) is 11.6 Å². The van der Waals surface area contributed by atoms with Gasteiger partial charge in [-0.1, -0.05) is 30.3 Å². The highest BCUT2D eigenvalue weighted by atomic mass is 16.4. The van der Waals surface area contributed by atoms with Gasteiger partial charge in [0.25, 0.3) is 0 Å². The molecule has 0 saturated heterocycles. The molecular formula is C14H15NO4. The topological polar surface area (TPSA) is 83.5 Å². The maximum Gasteiger partial charge on any atom is 0.328 e. The number of nitrogens with one attached hydrogen (secondary N) is 1. The molecule has 19 heavy (non-hydrogen) atoms. The van der Waals surface area contributed by atoms with Crippen LogP contribution in [0.5, 0.6) is 0 Å². The first-order valence-corrected chi connectivity index (χ1v) is 5.75. The lowest BCUT2D eigenvalue weighted by molar-refractivity contribution is -0.131.